The summed E-state index contributed by atoms with van der Waals surface area (Å²) in [4.78, 5) is 2.49. The SMILES string of the molecule is COc1cc(CNCCN(C)C2CCCC2)ccc1OCc1c(C)noc1C. The molecular formula is C22H33N3O3. The molecule has 1 fully saturated rings. The van der Waals surface area contributed by atoms with Crippen molar-refractivity contribution in [2.75, 3.05) is 27.2 Å². The Labute approximate surface area is 168 Å². The third kappa shape index (κ3) is 5.26. The molecule has 1 aliphatic carbocycles. The van der Waals surface area contributed by atoms with Crippen molar-refractivity contribution in [1.29, 1.82) is 0 Å². The van der Waals surface area contributed by atoms with Crippen LogP contribution in [0, 0.1) is 13.8 Å². The van der Waals surface area contributed by atoms with Crippen molar-refractivity contribution in [3.63, 3.8) is 0 Å². The smallest absolute Gasteiger partial charge is 0.161 e. The summed E-state index contributed by atoms with van der Waals surface area (Å²) >= 11 is 0. The van der Waals surface area contributed by atoms with Crippen LogP contribution >= 0.6 is 0 Å². The molecule has 0 amide bonds. The first-order chi connectivity index (χ1) is 13.6. The third-order valence-electron chi connectivity index (χ3n) is 5.70. The van der Waals surface area contributed by atoms with E-state index in [9.17, 15) is 0 Å². The van der Waals surface area contributed by atoms with Crippen LogP contribution in [0.2, 0.25) is 0 Å². The molecule has 154 valence electrons. The zero-order chi connectivity index (χ0) is 19.9. The van der Waals surface area contributed by atoms with Gasteiger partial charge >= 0.3 is 0 Å². The maximum absolute atomic E-state index is 5.95. The summed E-state index contributed by atoms with van der Waals surface area (Å²) in [5.41, 5.74) is 3.03. The second-order valence-corrected chi connectivity index (χ2v) is 7.67. The molecule has 0 radical (unpaired) electrons. The van der Waals surface area contributed by atoms with Crippen molar-refractivity contribution < 1.29 is 14.0 Å². The molecule has 1 saturated carbocycles. The van der Waals surface area contributed by atoms with Gasteiger partial charge in [0.15, 0.2) is 11.5 Å². The summed E-state index contributed by atoms with van der Waals surface area (Å²) in [7, 11) is 3.91. The van der Waals surface area contributed by atoms with Gasteiger partial charge in [-0.2, -0.15) is 0 Å². The molecule has 1 heterocycles. The highest BCUT2D eigenvalue weighted by Crippen LogP contribution is 2.29. The highest BCUT2D eigenvalue weighted by Gasteiger charge is 2.18. The summed E-state index contributed by atoms with van der Waals surface area (Å²) in [5.74, 6) is 2.27. The van der Waals surface area contributed by atoms with Crippen LogP contribution in [-0.2, 0) is 13.2 Å². The number of benzene rings is 1. The number of nitrogens with zero attached hydrogens (tertiary/aromatic N) is 2. The summed E-state index contributed by atoms with van der Waals surface area (Å²) < 4.78 is 16.7. The van der Waals surface area contributed by atoms with Gasteiger partial charge in [-0.15, -0.1) is 0 Å². The van der Waals surface area contributed by atoms with Crippen LogP contribution in [0.1, 0.15) is 48.3 Å². The van der Waals surface area contributed by atoms with Gasteiger partial charge < -0.3 is 24.2 Å². The second kappa shape index (κ2) is 9.94. The summed E-state index contributed by atoms with van der Waals surface area (Å²) in [6, 6.07) is 6.87. The topological polar surface area (TPSA) is 59.8 Å². The molecule has 0 aliphatic heterocycles. The predicted molar refractivity (Wildman–Crippen MR) is 110 cm³/mol. The van der Waals surface area contributed by atoms with E-state index >= 15 is 0 Å². The fourth-order valence-corrected chi connectivity index (χ4v) is 3.81. The van der Waals surface area contributed by atoms with Gasteiger partial charge in [0.25, 0.3) is 0 Å². The van der Waals surface area contributed by atoms with E-state index in [-0.39, 0.29) is 0 Å². The Bertz CT molecular complexity index is 734. The minimum absolute atomic E-state index is 0.419. The second-order valence-electron chi connectivity index (χ2n) is 7.67. The Morgan fingerprint density at radius 2 is 2.00 bits per heavy atom. The molecular weight excluding hydrogens is 354 g/mol. The van der Waals surface area contributed by atoms with Gasteiger partial charge in [-0.25, -0.2) is 0 Å². The van der Waals surface area contributed by atoms with Crippen molar-refractivity contribution in [2.45, 2.75) is 58.7 Å². The fraction of sp³-hybridized carbons (Fsp3) is 0.591. The lowest BCUT2D eigenvalue weighted by Gasteiger charge is -2.24. The van der Waals surface area contributed by atoms with E-state index in [1.807, 2.05) is 26.0 Å². The fourth-order valence-electron chi connectivity index (χ4n) is 3.81. The molecule has 1 aliphatic rings. The largest absolute Gasteiger partial charge is 0.493 e. The monoisotopic (exact) mass is 387 g/mol. The summed E-state index contributed by atoms with van der Waals surface area (Å²) in [5, 5.41) is 7.50. The Morgan fingerprint density at radius 1 is 1.21 bits per heavy atom. The van der Waals surface area contributed by atoms with Gasteiger partial charge in [0.1, 0.15) is 12.4 Å². The number of likely N-dealkylation sites (N-methyl/N-ethyl adjacent to an activating group) is 1. The van der Waals surface area contributed by atoms with Crippen LogP contribution in [0.15, 0.2) is 22.7 Å². The lowest BCUT2D eigenvalue weighted by atomic mass is 10.2. The van der Waals surface area contributed by atoms with Crippen molar-refractivity contribution in [3.05, 3.63) is 40.8 Å². The Balaban J connectivity index is 1.48. The summed E-state index contributed by atoms with van der Waals surface area (Å²) in [6.07, 6.45) is 5.46. The van der Waals surface area contributed by atoms with Crippen molar-refractivity contribution in [2.24, 2.45) is 0 Å². The first kappa shape index (κ1) is 20.7. The molecule has 0 spiro atoms. The number of aryl methyl sites for hydroxylation is 2. The van der Waals surface area contributed by atoms with Gasteiger partial charge in [-0.05, 0) is 51.4 Å². The van der Waals surface area contributed by atoms with Gasteiger partial charge in [0, 0.05) is 25.7 Å². The maximum Gasteiger partial charge on any atom is 0.161 e. The van der Waals surface area contributed by atoms with E-state index in [1.54, 1.807) is 7.11 Å². The van der Waals surface area contributed by atoms with Gasteiger partial charge in [-0.3, -0.25) is 0 Å². The molecule has 0 unspecified atom stereocenters. The standard InChI is InChI=1S/C22H33N3O3/c1-16-20(17(2)28-24-16)15-27-21-10-9-18(13-22(21)26-4)14-23-11-12-25(3)19-7-5-6-8-19/h9-10,13,19,23H,5-8,11-12,14-15H2,1-4H3. The molecule has 1 aromatic carbocycles. The number of hydrogen-bond donors (Lipinski definition) is 1. The Hall–Kier alpha value is -2.05. The lowest BCUT2D eigenvalue weighted by Crippen LogP contribution is -2.35. The maximum atomic E-state index is 5.95. The highest BCUT2D eigenvalue weighted by molar-refractivity contribution is 5.43. The Kier molecular flexibility index (Phi) is 7.34. The average molecular weight is 388 g/mol. The highest BCUT2D eigenvalue weighted by atomic mass is 16.5. The summed E-state index contributed by atoms with van der Waals surface area (Å²) in [6.45, 7) is 7.13. The van der Waals surface area contributed by atoms with Crippen LogP contribution in [0.25, 0.3) is 0 Å². The minimum atomic E-state index is 0.419. The quantitative estimate of drug-likeness (QED) is 0.625. The number of aromatic nitrogens is 1. The van der Waals surface area contributed by atoms with Crippen molar-refractivity contribution in [3.8, 4) is 11.5 Å². The number of hydrogen-bond acceptors (Lipinski definition) is 6. The number of nitrogens with one attached hydrogen (secondary N) is 1. The number of ether oxygens (including phenoxy) is 2. The number of rotatable bonds is 10. The van der Waals surface area contributed by atoms with E-state index in [0.29, 0.717) is 6.61 Å². The van der Waals surface area contributed by atoms with E-state index < -0.39 is 0 Å². The van der Waals surface area contributed by atoms with Crippen molar-refractivity contribution in [1.82, 2.24) is 15.4 Å². The molecule has 1 aromatic heterocycles. The molecule has 0 saturated heterocycles. The van der Waals surface area contributed by atoms with Crippen LogP contribution in [-0.4, -0.2) is 43.3 Å². The molecule has 1 N–H and O–H groups in total. The third-order valence-corrected chi connectivity index (χ3v) is 5.70. The molecule has 3 rings (SSSR count). The van der Waals surface area contributed by atoms with Gasteiger partial charge in [0.05, 0.1) is 18.4 Å². The zero-order valence-corrected chi connectivity index (χ0v) is 17.6. The average Bonchev–Trinajstić information content (AvgIpc) is 3.34. The van der Waals surface area contributed by atoms with E-state index in [4.69, 9.17) is 14.0 Å². The van der Waals surface area contributed by atoms with Gasteiger partial charge in [-0.1, -0.05) is 24.1 Å². The Morgan fingerprint density at radius 3 is 2.68 bits per heavy atom. The van der Waals surface area contributed by atoms with Crippen LogP contribution in [0.3, 0.4) is 0 Å². The first-order valence-electron chi connectivity index (χ1n) is 10.2. The predicted octanol–water partition coefficient (Wildman–Crippen LogP) is 3.84. The number of methoxy groups -OCH3 is 1. The molecule has 2 aromatic rings. The van der Waals surface area contributed by atoms with E-state index in [1.165, 1.54) is 31.2 Å². The van der Waals surface area contributed by atoms with Gasteiger partial charge in [0.2, 0.25) is 0 Å². The molecule has 6 heteroatoms. The van der Waals surface area contributed by atoms with E-state index in [2.05, 4.69) is 28.5 Å². The lowest BCUT2D eigenvalue weighted by molar-refractivity contribution is 0.245. The zero-order valence-electron chi connectivity index (χ0n) is 17.6. The van der Waals surface area contributed by atoms with Crippen LogP contribution in [0.4, 0.5) is 0 Å². The van der Waals surface area contributed by atoms with E-state index in [0.717, 1.165) is 54.2 Å². The van der Waals surface area contributed by atoms with Crippen molar-refractivity contribution >= 4 is 0 Å². The molecule has 6 nitrogen and oxygen atoms in total. The first-order valence-corrected chi connectivity index (χ1v) is 10.2. The van der Waals surface area contributed by atoms with Crippen LogP contribution in [0.5, 0.6) is 11.5 Å². The molecule has 0 bridgehead atoms. The minimum Gasteiger partial charge on any atom is -0.493 e. The molecule has 28 heavy (non-hydrogen) atoms. The van der Waals surface area contributed by atoms with Crippen LogP contribution < -0.4 is 14.8 Å². The normalized spacial score (nSPS) is 14.8. The molecule has 0 atom stereocenters.